The monoisotopic (exact) mass is 690 g/mol. The van der Waals surface area contributed by atoms with Crippen LogP contribution in [0, 0.1) is 22.7 Å². The minimum Gasteiger partial charge on any atom is -0.399 e. The second-order valence-electron chi connectivity index (χ2n) is 11.8. The number of halogens is 1. The molecular formula is C32H40BBrN8O4. The molecule has 1 aliphatic heterocycles. The molecule has 0 atom stereocenters. The van der Waals surface area contributed by atoms with Crippen LogP contribution in [0.4, 0.5) is 0 Å². The van der Waals surface area contributed by atoms with Crippen LogP contribution in [0.2, 0.25) is 0 Å². The fourth-order valence-corrected chi connectivity index (χ4v) is 5.03. The number of aromatic nitrogens is 6. The fourth-order valence-electron chi connectivity index (χ4n) is 4.74. The van der Waals surface area contributed by atoms with E-state index in [1.807, 2.05) is 95.4 Å². The van der Waals surface area contributed by atoms with Crippen molar-refractivity contribution in [2.75, 3.05) is 0 Å². The van der Waals surface area contributed by atoms with Crippen LogP contribution in [0.1, 0.15) is 87.8 Å². The lowest BCUT2D eigenvalue weighted by Crippen LogP contribution is -2.41. The van der Waals surface area contributed by atoms with Gasteiger partial charge in [0.1, 0.15) is 16.7 Å². The van der Waals surface area contributed by atoms with Crippen molar-refractivity contribution in [3.8, 4) is 23.4 Å². The van der Waals surface area contributed by atoms with E-state index >= 15 is 0 Å². The van der Waals surface area contributed by atoms with E-state index in [1.54, 1.807) is 35.6 Å². The van der Waals surface area contributed by atoms with Crippen molar-refractivity contribution in [3.63, 3.8) is 0 Å². The Bertz CT molecular complexity index is 1800. The highest BCUT2D eigenvalue weighted by Gasteiger charge is 2.52. The molecule has 4 aromatic heterocycles. The van der Waals surface area contributed by atoms with Gasteiger partial charge in [-0.15, -0.1) is 0 Å². The van der Waals surface area contributed by atoms with Crippen LogP contribution >= 0.6 is 15.9 Å². The maximum Gasteiger partial charge on any atom is 0.496 e. The lowest BCUT2D eigenvalue weighted by molar-refractivity contribution is 0.00578. The van der Waals surface area contributed by atoms with Gasteiger partial charge < -0.3 is 27.6 Å². The van der Waals surface area contributed by atoms with E-state index in [4.69, 9.17) is 19.8 Å². The van der Waals surface area contributed by atoms with Crippen molar-refractivity contribution in [3.05, 3.63) is 64.6 Å². The molecule has 0 spiro atoms. The van der Waals surface area contributed by atoms with Crippen LogP contribution in [-0.2, 0) is 36.5 Å². The molecule has 12 nitrogen and oxygen atoms in total. The Morgan fingerprint density at radius 3 is 1.72 bits per heavy atom. The zero-order valence-electron chi connectivity index (χ0n) is 28.0. The minimum atomic E-state index is -0.407. The third kappa shape index (κ3) is 7.58. The largest absolute Gasteiger partial charge is 0.496 e. The number of ketones is 2. The van der Waals surface area contributed by atoms with Gasteiger partial charge in [0.25, 0.3) is 0 Å². The van der Waals surface area contributed by atoms with Crippen molar-refractivity contribution in [1.82, 2.24) is 28.2 Å². The first-order valence-electron chi connectivity index (χ1n) is 14.8. The van der Waals surface area contributed by atoms with Gasteiger partial charge in [0.15, 0.2) is 23.0 Å². The number of carbonyl (C=O) groups is 2. The third-order valence-electron chi connectivity index (χ3n) is 8.03. The molecular weight excluding hydrogens is 651 g/mol. The smallest absolute Gasteiger partial charge is 0.399 e. The highest BCUT2D eigenvalue weighted by atomic mass is 79.9. The average molecular weight is 691 g/mol. The first kappa shape index (κ1) is 36.2. The Balaban J connectivity index is 0.000000200. The van der Waals surface area contributed by atoms with Crippen LogP contribution in [-0.4, -0.2) is 58.1 Å². The first-order chi connectivity index (χ1) is 21.5. The van der Waals surface area contributed by atoms with Crippen LogP contribution < -0.4 is 5.46 Å². The standard InChI is InChI=1S/C14H22BNO3.C13H14N4O.C5H4BrN3/c1-7-16-9-11(8-12(16)10(2)17)15-18-13(3,4)14(5,6)19-15;1-4-17-7-10(5-12(17)9(2)18)13-11(6-14)15-8-16(13)3;1-9-3-8-4(2-7)5(9)6/h8-9H,7H2,1-6H3;5,7-8H,4H2,1-3H3;3H,1H3. The van der Waals surface area contributed by atoms with E-state index in [2.05, 4.69) is 32.0 Å². The molecule has 1 saturated heterocycles. The van der Waals surface area contributed by atoms with E-state index in [9.17, 15) is 9.59 Å². The van der Waals surface area contributed by atoms with Gasteiger partial charge in [0.05, 0.1) is 40.9 Å². The molecule has 4 aromatic rings. The molecule has 0 aromatic carbocycles. The summed E-state index contributed by atoms with van der Waals surface area (Å²) in [6.45, 7) is 16.7. The molecule has 0 saturated carbocycles. The number of Topliss-reactive ketones (excluding diaryl/α,β-unsaturated/α-hetero) is 2. The second kappa shape index (κ2) is 14.5. The van der Waals surface area contributed by atoms with Gasteiger partial charge >= 0.3 is 7.12 Å². The van der Waals surface area contributed by atoms with Crippen LogP contribution in [0.5, 0.6) is 0 Å². The van der Waals surface area contributed by atoms with Crippen molar-refractivity contribution >= 4 is 40.1 Å². The SMILES string of the molecule is CCn1cc(-c2c(C#N)ncn2C)cc1C(C)=O.CCn1cc(B2OC(C)(C)C(C)(C)O2)cc1C(C)=O.Cn1cnc(C#N)c1Br. The fraction of sp³-hybridized carbons (Fsp3) is 0.438. The molecule has 0 bridgehead atoms. The molecule has 0 unspecified atom stereocenters. The second-order valence-corrected chi connectivity index (χ2v) is 12.6. The predicted octanol–water partition coefficient (Wildman–Crippen LogP) is 5.05. The summed E-state index contributed by atoms with van der Waals surface area (Å²) in [6.07, 6.45) is 7.01. The minimum absolute atomic E-state index is 0.0174. The number of aryl methyl sites for hydroxylation is 4. The van der Waals surface area contributed by atoms with E-state index in [0.717, 1.165) is 27.9 Å². The molecule has 0 N–H and O–H groups in total. The molecule has 242 valence electrons. The van der Waals surface area contributed by atoms with Gasteiger partial charge in [0.2, 0.25) is 0 Å². The number of hydrogen-bond donors (Lipinski definition) is 0. The molecule has 5 heterocycles. The molecule has 0 radical (unpaired) electrons. The van der Waals surface area contributed by atoms with Gasteiger partial charge in [-0.2, -0.15) is 10.5 Å². The molecule has 1 aliphatic rings. The quantitative estimate of drug-likeness (QED) is 0.202. The predicted molar refractivity (Wildman–Crippen MR) is 178 cm³/mol. The summed E-state index contributed by atoms with van der Waals surface area (Å²) >= 11 is 3.19. The van der Waals surface area contributed by atoms with Gasteiger partial charge in [-0.05, 0) is 69.6 Å². The number of hydrogen-bond acceptors (Lipinski definition) is 8. The number of imidazole rings is 2. The van der Waals surface area contributed by atoms with Crippen molar-refractivity contribution in [2.24, 2.45) is 14.1 Å². The highest BCUT2D eigenvalue weighted by Crippen LogP contribution is 2.36. The van der Waals surface area contributed by atoms with E-state index in [1.165, 1.54) is 0 Å². The molecule has 46 heavy (non-hydrogen) atoms. The normalized spacial score (nSPS) is 14.4. The average Bonchev–Trinajstić information content (AvgIpc) is 3.80. The summed E-state index contributed by atoms with van der Waals surface area (Å²) in [5.41, 5.74) is 3.93. The summed E-state index contributed by atoms with van der Waals surface area (Å²) in [5.74, 6) is 0.0772. The zero-order valence-corrected chi connectivity index (χ0v) is 29.6. The summed E-state index contributed by atoms with van der Waals surface area (Å²) < 4.78 is 20.1. The topological polar surface area (TPSA) is 146 Å². The highest BCUT2D eigenvalue weighted by molar-refractivity contribution is 9.10. The van der Waals surface area contributed by atoms with Gasteiger partial charge in [-0.3, -0.25) is 9.59 Å². The Morgan fingerprint density at radius 2 is 1.33 bits per heavy atom. The number of nitriles is 2. The lowest BCUT2D eigenvalue weighted by atomic mass is 9.81. The summed E-state index contributed by atoms with van der Waals surface area (Å²) in [4.78, 5) is 31.0. The van der Waals surface area contributed by atoms with E-state index in [0.29, 0.717) is 29.3 Å². The lowest BCUT2D eigenvalue weighted by Gasteiger charge is -2.32. The number of nitrogens with zero attached hydrogens (tertiary/aromatic N) is 8. The van der Waals surface area contributed by atoms with Crippen LogP contribution in [0.25, 0.3) is 11.3 Å². The maximum atomic E-state index is 11.6. The molecule has 5 rings (SSSR count). The van der Waals surface area contributed by atoms with Gasteiger partial charge in [-0.25, -0.2) is 9.97 Å². The molecule has 0 amide bonds. The number of rotatable bonds is 6. The molecule has 14 heteroatoms. The number of carbonyl (C=O) groups excluding carboxylic acids is 2. The van der Waals surface area contributed by atoms with Gasteiger partial charge in [-0.1, -0.05) is 0 Å². The Hall–Kier alpha value is -4.24. The van der Waals surface area contributed by atoms with Crippen LogP contribution in [0.15, 0.2) is 41.8 Å². The summed E-state index contributed by atoms with van der Waals surface area (Å²) in [6, 6.07) is 7.68. The van der Waals surface area contributed by atoms with Crippen molar-refractivity contribution < 1.29 is 18.9 Å². The van der Waals surface area contributed by atoms with Crippen LogP contribution in [0.3, 0.4) is 0 Å². The Morgan fingerprint density at radius 1 is 0.848 bits per heavy atom. The van der Waals surface area contributed by atoms with E-state index < -0.39 is 7.12 Å². The maximum absolute atomic E-state index is 11.6. The van der Waals surface area contributed by atoms with Crippen molar-refractivity contribution in [2.45, 2.75) is 79.7 Å². The summed E-state index contributed by atoms with van der Waals surface area (Å²) in [5, 5.41) is 17.4. The third-order valence-corrected chi connectivity index (χ3v) is 8.96. The molecule has 1 fully saturated rings. The summed E-state index contributed by atoms with van der Waals surface area (Å²) in [7, 11) is 3.24. The Labute approximate surface area is 278 Å². The Kier molecular flexibility index (Phi) is 11.4. The van der Waals surface area contributed by atoms with E-state index in [-0.39, 0.29) is 22.8 Å². The zero-order chi connectivity index (χ0) is 34.6. The van der Waals surface area contributed by atoms with Gasteiger partial charge in [0, 0.05) is 64.5 Å². The van der Waals surface area contributed by atoms with Crippen molar-refractivity contribution in [1.29, 1.82) is 10.5 Å². The first-order valence-corrected chi connectivity index (χ1v) is 15.6. The molecule has 0 aliphatic carbocycles.